The highest BCUT2D eigenvalue weighted by atomic mass is 19.1. The summed E-state index contributed by atoms with van der Waals surface area (Å²) in [6.45, 7) is 0.555. The second-order valence-electron chi connectivity index (χ2n) is 7.98. The van der Waals surface area contributed by atoms with E-state index in [-0.39, 0.29) is 11.9 Å². The molecular weight excluding hydrogens is 429 g/mol. The fourth-order valence-corrected chi connectivity index (χ4v) is 3.96. The molecule has 0 amide bonds. The molecular formula is C27H24FN5O. The average molecular weight is 454 g/mol. The molecule has 170 valence electrons. The predicted molar refractivity (Wildman–Crippen MR) is 133 cm³/mol. The molecule has 1 aliphatic carbocycles. The van der Waals surface area contributed by atoms with Gasteiger partial charge in [0.15, 0.2) is 0 Å². The maximum Gasteiger partial charge on any atom is 0.137 e. The topological polar surface area (TPSA) is 70.9 Å². The number of fused-ring (bicyclic) bond motifs is 1. The van der Waals surface area contributed by atoms with Crippen LogP contribution in [0.25, 0.3) is 0 Å². The summed E-state index contributed by atoms with van der Waals surface area (Å²) in [6, 6.07) is 18.1. The minimum Gasteiger partial charge on any atom is -0.497 e. The largest absolute Gasteiger partial charge is 0.497 e. The number of amidine groups is 1. The summed E-state index contributed by atoms with van der Waals surface area (Å²) in [5.41, 5.74) is 4.38. The number of aliphatic imine (C=N–C) groups is 2. The van der Waals surface area contributed by atoms with Crippen molar-refractivity contribution in [1.29, 1.82) is 0 Å². The number of nitrogens with one attached hydrogen (secondary N) is 2. The first kappa shape index (κ1) is 21.6. The van der Waals surface area contributed by atoms with E-state index < -0.39 is 0 Å². The molecule has 34 heavy (non-hydrogen) atoms. The van der Waals surface area contributed by atoms with Crippen LogP contribution < -0.4 is 15.4 Å². The Bertz CT molecular complexity index is 1310. The number of benzene rings is 2. The Kier molecular flexibility index (Phi) is 6.16. The summed E-state index contributed by atoms with van der Waals surface area (Å²) in [5.74, 6) is 1.77. The highest BCUT2D eigenvalue weighted by Crippen LogP contribution is 2.28. The summed E-state index contributed by atoms with van der Waals surface area (Å²) < 4.78 is 19.8. The molecule has 0 saturated heterocycles. The van der Waals surface area contributed by atoms with Crippen LogP contribution >= 0.6 is 0 Å². The van der Waals surface area contributed by atoms with Crippen molar-refractivity contribution in [1.82, 2.24) is 10.3 Å². The van der Waals surface area contributed by atoms with Crippen LogP contribution in [0.5, 0.6) is 5.75 Å². The maximum atomic E-state index is 14.5. The molecule has 0 saturated carbocycles. The van der Waals surface area contributed by atoms with Crippen LogP contribution in [0, 0.1) is 5.82 Å². The average Bonchev–Trinajstić information content (AvgIpc) is 2.88. The number of allylic oxidation sites excluding steroid dienone is 1. The minimum absolute atomic E-state index is 0.212. The third kappa shape index (κ3) is 4.73. The van der Waals surface area contributed by atoms with Gasteiger partial charge in [-0.15, -0.1) is 0 Å². The van der Waals surface area contributed by atoms with Crippen molar-refractivity contribution in [3.8, 4) is 5.75 Å². The zero-order valence-electron chi connectivity index (χ0n) is 18.7. The normalized spacial score (nSPS) is 18.2. The fraction of sp³-hybridized carbons (Fsp3) is 0.148. The molecule has 2 N–H and O–H groups in total. The zero-order chi connectivity index (χ0) is 23.3. The highest BCUT2D eigenvalue weighted by molar-refractivity contribution is 6.03. The van der Waals surface area contributed by atoms with Crippen LogP contribution in [-0.4, -0.2) is 29.7 Å². The Hall–Kier alpha value is -4.26. The van der Waals surface area contributed by atoms with E-state index in [4.69, 9.17) is 14.7 Å². The summed E-state index contributed by atoms with van der Waals surface area (Å²) >= 11 is 0. The van der Waals surface area contributed by atoms with E-state index in [1.165, 1.54) is 6.07 Å². The number of rotatable bonds is 6. The van der Waals surface area contributed by atoms with Gasteiger partial charge in [0.25, 0.3) is 0 Å². The zero-order valence-corrected chi connectivity index (χ0v) is 18.7. The lowest BCUT2D eigenvalue weighted by Gasteiger charge is -2.30. The monoisotopic (exact) mass is 453 g/mol. The van der Waals surface area contributed by atoms with Gasteiger partial charge >= 0.3 is 0 Å². The fourth-order valence-electron chi connectivity index (χ4n) is 3.96. The number of methoxy groups -OCH3 is 1. The predicted octanol–water partition coefficient (Wildman–Crippen LogP) is 4.87. The van der Waals surface area contributed by atoms with Gasteiger partial charge in [-0.05, 0) is 48.0 Å². The summed E-state index contributed by atoms with van der Waals surface area (Å²) in [6.07, 6.45) is 8.09. The van der Waals surface area contributed by atoms with Gasteiger partial charge in [-0.2, -0.15) is 0 Å². The van der Waals surface area contributed by atoms with Gasteiger partial charge in [0.2, 0.25) is 0 Å². The van der Waals surface area contributed by atoms with Crippen LogP contribution in [0.4, 0.5) is 10.1 Å². The van der Waals surface area contributed by atoms with Gasteiger partial charge < -0.3 is 15.4 Å². The van der Waals surface area contributed by atoms with E-state index in [1.54, 1.807) is 37.7 Å². The molecule has 6 nitrogen and oxygen atoms in total. The minimum atomic E-state index is -0.319. The summed E-state index contributed by atoms with van der Waals surface area (Å²) in [4.78, 5) is 13.7. The lowest BCUT2D eigenvalue weighted by Crippen LogP contribution is -2.38. The number of pyridine rings is 1. The van der Waals surface area contributed by atoms with Crippen LogP contribution in [0.3, 0.4) is 0 Å². The Balaban J connectivity index is 1.46. The molecule has 1 atom stereocenters. The van der Waals surface area contributed by atoms with E-state index in [2.05, 4.69) is 15.6 Å². The number of nitrogens with zero attached hydrogens (tertiary/aromatic N) is 3. The standard InChI is InChI=1S/C27H24FN5O/c1-34-21-6-4-5-18(15-21)17-30-20-9-10-25-23(16-20)27(31-19-11-13-29-14-12-19)33-26(32-25)22-7-2-3-8-24(22)28/h2-15,25H,16-17H2,1H3,(H,29,31)(H,32,33). The van der Waals surface area contributed by atoms with Gasteiger partial charge in [0.1, 0.15) is 23.2 Å². The Labute approximate surface area is 197 Å². The molecule has 7 heteroatoms. The number of hydrogen-bond acceptors (Lipinski definition) is 6. The third-order valence-corrected chi connectivity index (χ3v) is 5.71. The lowest BCUT2D eigenvalue weighted by molar-refractivity contribution is 0.414. The van der Waals surface area contributed by atoms with Crippen molar-refractivity contribution in [3.05, 3.63) is 114 Å². The smallest absolute Gasteiger partial charge is 0.137 e. The lowest BCUT2D eigenvalue weighted by atomic mass is 9.93. The molecule has 0 bridgehead atoms. The van der Waals surface area contributed by atoms with E-state index in [1.807, 2.05) is 48.6 Å². The van der Waals surface area contributed by atoms with Crippen LogP contribution in [0.15, 0.2) is 107 Å². The van der Waals surface area contributed by atoms with Crippen molar-refractivity contribution in [2.24, 2.45) is 9.98 Å². The van der Waals surface area contributed by atoms with Crippen molar-refractivity contribution in [2.75, 3.05) is 12.4 Å². The van der Waals surface area contributed by atoms with Crippen LogP contribution in [0.1, 0.15) is 17.5 Å². The van der Waals surface area contributed by atoms with Crippen LogP contribution in [0.2, 0.25) is 0 Å². The molecule has 0 radical (unpaired) electrons. The van der Waals surface area contributed by atoms with Gasteiger partial charge in [0.05, 0.1) is 25.3 Å². The van der Waals surface area contributed by atoms with Crippen molar-refractivity contribution >= 4 is 17.2 Å². The quantitative estimate of drug-likeness (QED) is 0.559. The number of anilines is 1. The summed E-state index contributed by atoms with van der Waals surface area (Å²) in [7, 11) is 1.66. The molecule has 1 unspecified atom stereocenters. The number of aromatic nitrogens is 1. The molecule has 1 aliphatic heterocycles. The molecule has 2 heterocycles. The molecule has 2 aromatic carbocycles. The highest BCUT2D eigenvalue weighted by Gasteiger charge is 2.28. The first-order valence-corrected chi connectivity index (χ1v) is 11.0. The second kappa shape index (κ2) is 9.70. The summed E-state index contributed by atoms with van der Waals surface area (Å²) in [5, 5.41) is 6.75. The van der Waals surface area contributed by atoms with E-state index in [0.29, 0.717) is 24.4 Å². The van der Waals surface area contributed by atoms with Gasteiger partial charge in [-0.3, -0.25) is 15.0 Å². The van der Waals surface area contributed by atoms with Gasteiger partial charge in [-0.1, -0.05) is 30.3 Å². The van der Waals surface area contributed by atoms with E-state index in [9.17, 15) is 4.39 Å². The Morgan fingerprint density at radius 3 is 2.79 bits per heavy atom. The first-order valence-electron chi connectivity index (χ1n) is 11.0. The van der Waals surface area contributed by atoms with Crippen molar-refractivity contribution in [3.63, 3.8) is 0 Å². The van der Waals surface area contributed by atoms with Crippen molar-refractivity contribution < 1.29 is 9.13 Å². The molecule has 2 aliphatic rings. The Morgan fingerprint density at radius 1 is 1.12 bits per heavy atom. The van der Waals surface area contributed by atoms with Gasteiger partial charge in [0, 0.05) is 35.8 Å². The molecule has 5 rings (SSSR count). The molecule has 3 aromatic rings. The van der Waals surface area contributed by atoms with Gasteiger partial charge in [-0.25, -0.2) is 4.39 Å². The van der Waals surface area contributed by atoms with Crippen LogP contribution in [-0.2, 0) is 6.54 Å². The van der Waals surface area contributed by atoms with Crippen molar-refractivity contribution in [2.45, 2.75) is 19.0 Å². The Morgan fingerprint density at radius 2 is 1.97 bits per heavy atom. The number of halogens is 1. The SMILES string of the molecule is COc1cccc(CN=C2C=CC3N=C(c4ccccc4F)NC(Nc4ccncc4)=C3C2)c1. The third-order valence-electron chi connectivity index (χ3n) is 5.71. The van der Waals surface area contributed by atoms with E-state index >= 15 is 0 Å². The second-order valence-corrected chi connectivity index (χ2v) is 7.98. The molecule has 0 spiro atoms. The molecule has 0 fully saturated rings. The first-order chi connectivity index (χ1) is 16.7. The van der Waals surface area contributed by atoms with E-state index in [0.717, 1.165) is 34.1 Å². The maximum absolute atomic E-state index is 14.5. The number of hydrogen-bond donors (Lipinski definition) is 2. The molecule has 1 aromatic heterocycles. The number of ether oxygens (including phenoxy) is 1.